The van der Waals surface area contributed by atoms with Gasteiger partial charge in [0.15, 0.2) is 0 Å². The maximum Gasteiger partial charge on any atom is 0.266 e. The standard InChI is InChI=1S/C24H15N3O5/c1-12-6-7-13(10-19(12)27-23(31)16-4-2-3-5-17(16)24(27)32)20(28)25-14-8-9-15-18(11-14)22(30)26-21(15)29/h2-11H,1H3,(H,25,28)(H,26,29,30). The van der Waals surface area contributed by atoms with E-state index in [0.29, 0.717) is 28.1 Å². The van der Waals surface area contributed by atoms with Crippen molar-refractivity contribution in [1.29, 1.82) is 0 Å². The number of anilines is 2. The number of fused-ring (bicyclic) bond motifs is 2. The van der Waals surface area contributed by atoms with Gasteiger partial charge in [-0.3, -0.25) is 29.3 Å². The number of nitrogens with one attached hydrogen (secondary N) is 2. The van der Waals surface area contributed by atoms with Crippen molar-refractivity contribution in [3.05, 3.63) is 94.0 Å². The molecular weight excluding hydrogens is 410 g/mol. The molecule has 0 saturated heterocycles. The van der Waals surface area contributed by atoms with Crippen LogP contribution in [-0.4, -0.2) is 29.5 Å². The monoisotopic (exact) mass is 425 g/mol. The van der Waals surface area contributed by atoms with E-state index in [1.807, 2.05) is 0 Å². The molecule has 0 atom stereocenters. The molecule has 0 bridgehead atoms. The van der Waals surface area contributed by atoms with Gasteiger partial charge >= 0.3 is 0 Å². The number of carbonyl (C=O) groups is 5. The number of aryl methyl sites for hydroxylation is 1. The predicted octanol–water partition coefficient (Wildman–Crippen LogP) is 2.93. The fraction of sp³-hybridized carbons (Fsp3) is 0.0417. The largest absolute Gasteiger partial charge is 0.322 e. The lowest BCUT2D eigenvalue weighted by atomic mass is 10.1. The number of carbonyl (C=O) groups excluding carboxylic acids is 5. The quantitative estimate of drug-likeness (QED) is 0.627. The molecule has 0 saturated carbocycles. The Balaban J connectivity index is 1.45. The summed E-state index contributed by atoms with van der Waals surface area (Å²) in [5.74, 6) is -2.38. The molecule has 2 aliphatic rings. The molecule has 32 heavy (non-hydrogen) atoms. The van der Waals surface area contributed by atoms with Gasteiger partial charge in [0.2, 0.25) is 0 Å². The number of rotatable bonds is 3. The van der Waals surface area contributed by atoms with E-state index >= 15 is 0 Å². The van der Waals surface area contributed by atoms with Gasteiger partial charge in [-0.05, 0) is 55.0 Å². The third-order valence-corrected chi connectivity index (χ3v) is 5.50. The average molecular weight is 425 g/mol. The Labute approximate surface area is 181 Å². The van der Waals surface area contributed by atoms with Gasteiger partial charge in [-0.25, -0.2) is 4.90 Å². The molecule has 5 amide bonds. The second kappa shape index (κ2) is 6.98. The molecule has 0 spiro atoms. The second-order valence-electron chi connectivity index (χ2n) is 7.49. The molecule has 8 heteroatoms. The zero-order valence-electron chi connectivity index (χ0n) is 16.8. The van der Waals surface area contributed by atoms with Gasteiger partial charge in [0.1, 0.15) is 0 Å². The highest BCUT2D eigenvalue weighted by Gasteiger charge is 2.37. The summed E-state index contributed by atoms with van der Waals surface area (Å²) < 4.78 is 0. The van der Waals surface area contributed by atoms with Crippen molar-refractivity contribution in [2.75, 3.05) is 10.2 Å². The number of nitrogens with zero attached hydrogens (tertiary/aromatic N) is 1. The first-order valence-electron chi connectivity index (χ1n) is 9.74. The Kier molecular flexibility index (Phi) is 4.23. The van der Waals surface area contributed by atoms with E-state index in [0.717, 1.165) is 4.90 Å². The topological polar surface area (TPSA) is 113 Å². The highest BCUT2D eigenvalue weighted by atomic mass is 16.2. The van der Waals surface area contributed by atoms with Crippen LogP contribution in [0.2, 0.25) is 0 Å². The van der Waals surface area contributed by atoms with Gasteiger partial charge in [-0.15, -0.1) is 0 Å². The third-order valence-electron chi connectivity index (χ3n) is 5.50. The van der Waals surface area contributed by atoms with Crippen LogP contribution in [0.15, 0.2) is 60.7 Å². The number of benzene rings is 3. The number of imide groups is 2. The lowest BCUT2D eigenvalue weighted by molar-refractivity contribution is 0.0874. The van der Waals surface area contributed by atoms with Gasteiger partial charge in [0, 0.05) is 11.3 Å². The number of amides is 5. The normalized spacial score (nSPS) is 14.3. The zero-order valence-corrected chi connectivity index (χ0v) is 16.8. The Morgan fingerprint density at radius 1 is 0.781 bits per heavy atom. The van der Waals surface area contributed by atoms with Crippen LogP contribution in [0.1, 0.15) is 57.4 Å². The molecule has 5 rings (SSSR count). The van der Waals surface area contributed by atoms with Crippen LogP contribution < -0.4 is 15.5 Å². The summed E-state index contributed by atoms with van der Waals surface area (Å²) in [5.41, 5.74) is 2.60. The van der Waals surface area contributed by atoms with E-state index in [1.54, 1.807) is 43.3 Å². The fourth-order valence-electron chi connectivity index (χ4n) is 3.85. The van der Waals surface area contributed by atoms with Crippen LogP contribution >= 0.6 is 0 Å². The van der Waals surface area contributed by atoms with E-state index in [1.165, 1.54) is 24.3 Å². The first-order chi connectivity index (χ1) is 15.3. The summed E-state index contributed by atoms with van der Waals surface area (Å²) in [6.07, 6.45) is 0. The summed E-state index contributed by atoms with van der Waals surface area (Å²) in [6.45, 7) is 1.75. The first kappa shape index (κ1) is 19.4. The first-order valence-corrected chi connectivity index (χ1v) is 9.74. The highest BCUT2D eigenvalue weighted by molar-refractivity contribution is 6.34. The molecule has 2 heterocycles. The maximum absolute atomic E-state index is 12.9. The van der Waals surface area contributed by atoms with Crippen LogP contribution in [0, 0.1) is 6.92 Å². The Hall–Kier alpha value is -4.59. The molecule has 0 aliphatic carbocycles. The minimum atomic E-state index is -0.524. The Bertz CT molecular complexity index is 1360. The van der Waals surface area contributed by atoms with Crippen molar-refractivity contribution in [2.24, 2.45) is 0 Å². The minimum absolute atomic E-state index is 0.184. The van der Waals surface area contributed by atoms with Crippen molar-refractivity contribution in [3.8, 4) is 0 Å². The lowest BCUT2D eigenvalue weighted by Crippen LogP contribution is -2.30. The highest BCUT2D eigenvalue weighted by Crippen LogP contribution is 2.31. The third kappa shape index (κ3) is 2.89. The van der Waals surface area contributed by atoms with Crippen molar-refractivity contribution in [2.45, 2.75) is 6.92 Å². The van der Waals surface area contributed by atoms with Crippen molar-refractivity contribution in [1.82, 2.24) is 5.32 Å². The predicted molar refractivity (Wildman–Crippen MR) is 115 cm³/mol. The number of hydrogen-bond donors (Lipinski definition) is 2. The van der Waals surface area contributed by atoms with Crippen LogP contribution in [0.4, 0.5) is 11.4 Å². The summed E-state index contributed by atoms with van der Waals surface area (Å²) >= 11 is 0. The molecule has 3 aromatic rings. The molecular formula is C24H15N3O5. The van der Waals surface area contributed by atoms with Gasteiger partial charge < -0.3 is 5.32 Å². The van der Waals surface area contributed by atoms with Crippen molar-refractivity contribution < 1.29 is 24.0 Å². The van der Waals surface area contributed by atoms with E-state index in [-0.39, 0.29) is 16.7 Å². The maximum atomic E-state index is 12.9. The minimum Gasteiger partial charge on any atom is -0.322 e. The molecule has 156 valence electrons. The molecule has 8 nitrogen and oxygen atoms in total. The molecule has 2 aliphatic heterocycles. The lowest BCUT2D eigenvalue weighted by Gasteiger charge is -2.18. The summed E-state index contributed by atoms with van der Waals surface area (Å²) in [6, 6.07) is 15.7. The van der Waals surface area contributed by atoms with Crippen LogP contribution in [-0.2, 0) is 0 Å². The summed E-state index contributed by atoms with van der Waals surface area (Å²) in [4.78, 5) is 63.1. The van der Waals surface area contributed by atoms with Gasteiger partial charge in [0.25, 0.3) is 29.5 Å². The SMILES string of the molecule is Cc1ccc(C(=O)Nc2ccc3c(c2)C(=O)NC3=O)cc1N1C(=O)c2ccccc2C1=O. The average Bonchev–Trinajstić information content (AvgIpc) is 3.21. The molecule has 0 aromatic heterocycles. The van der Waals surface area contributed by atoms with Crippen molar-refractivity contribution >= 4 is 40.9 Å². The van der Waals surface area contributed by atoms with E-state index in [4.69, 9.17) is 0 Å². The van der Waals surface area contributed by atoms with Crippen molar-refractivity contribution in [3.63, 3.8) is 0 Å². The Morgan fingerprint density at radius 3 is 2.12 bits per heavy atom. The molecule has 0 radical (unpaired) electrons. The van der Waals surface area contributed by atoms with Crippen LogP contribution in [0.3, 0.4) is 0 Å². The Morgan fingerprint density at radius 2 is 1.44 bits per heavy atom. The van der Waals surface area contributed by atoms with Gasteiger partial charge in [-0.1, -0.05) is 18.2 Å². The summed E-state index contributed by atoms with van der Waals surface area (Å²) in [5, 5.41) is 4.88. The van der Waals surface area contributed by atoms with Gasteiger partial charge in [-0.2, -0.15) is 0 Å². The smallest absolute Gasteiger partial charge is 0.266 e. The van der Waals surface area contributed by atoms with E-state index < -0.39 is 29.5 Å². The molecule has 3 aromatic carbocycles. The van der Waals surface area contributed by atoms with Crippen LogP contribution in [0.25, 0.3) is 0 Å². The number of hydrogen-bond acceptors (Lipinski definition) is 5. The van der Waals surface area contributed by atoms with Gasteiger partial charge in [0.05, 0.1) is 27.9 Å². The molecule has 2 N–H and O–H groups in total. The van der Waals surface area contributed by atoms with E-state index in [2.05, 4.69) is 10.6 Å². The summed E-state index contributed by atoms with van der Waals surface area (Å²) in [7, 11) is 0. The fourth-order valence-corrected chi connectivity index (χ4v) is 3.85. The molecule has 0 fully saturated rings. The second-order valence-corrected chi connectivity index (χ2v) is 7.49. The van der Waals surface area contributed by atoms with E-state index in [9.17, 15) is 24.0 Å². The molecule has 0 unspecified atom stereocenters. The zero-order chi connectivity index (χ0) is 22.6. The van der Waals surface area contributed by atoms with Crippen LogP contribution in [0.5, 0.6) is 0 Å².